The standard InChI is InChI=1S/C20H38O4/c1-5-9-11-13-15-17(18(21)22)20(7-3,19(23)24-8-4)16-14-12-10-6-2/h17H,5-16H2,1-4H3,(H,21,22). The highest BCUT2D eigenvalue weighted by Crippen LogP contribution is 2.42. The topological polar surface area (TPSA) is 63.6 Å². The molecule has 0 aliphatic carbocycles. The van der Waals surface area contributed by atoms with Gasteiger partial charge in [-0.05, 0) is 26.2 Å². The van der Waals surface area contributed by atoms with Gasteiger partial charge in [-0.25, -0.2) is 0 Å². The number of aliphatic carboxylic acids is 1. The van der Waals surface area contributed by atoms with Crippen molar-refractivity contribution in [1.82, 2.24) is 0 Å². The molecule has 142 valence electrons. The first-order valence-electron chi connectivity index (χ1n) is 9.90. The van der Waals surface area contributed by atoms with E-state index in [0.717, 1.165) is 51.4 Å². The summed E-state index contributed by atoms with van der Waals surface area (Å²) in [7, 11) is 0. The molecule has 2 unspecified atom stereocenters. The van der Waals surface area contributed by atoms with Crippen LogP contribution in [0, 0.1) is 11.3 Å². The number of carbonyl (C=O) groups is 2. The lowest BCUT2D eigenvalue weighted by atomic mass is 9.68. The predicted molar refractivity (Wildman–Crippen MR) is 98.0 cm³/mol. The van der Waals surface area contributed by atoms with E-state index in [0.29, 0.717) is 25.9 Å². The van der Waals surface area contributed by atoms with Crippen molar-refractivity contribution in [2.24, 2.45) is 11.3 Å². The zero-order chi connectivity index (χ0) is 18.4. The molecular formula is C20H38O4. The summed E-state index contributed by atoms with van der Waals surface area (Å²) in [6, 6.07) is 0. The van der Waals surface area contributed by atoms with Gasteiger partial charge in [-0.2, -0.15) is 0 Å². The summed E-state index contributed by atoms with van der Waals surface area (Å²) >= 11 is 0. The predicted octanol–water partition coefficient (Wildman–Crippen LogP) is 5.59. The first-order valence-corrected chi connectivity index (χ1v) is 9.90. The van der Waals surface area contributed by atoms with Gasteiger partial charge in [-0.15, -0.1) is 0 Å². The van der Waals surface area contributed by atoms with Crippen LogP contribution in [0.15, 0.2) is 0 Å². The molecule has 0 aromatic heterocycles. The van der Waals surface area contributed by atoms with E-state index in [1.807, 2.05) is 6.92 Å². The van der Waals surface area contributed by atoms with Crippen LogP contribution < -0.4 is 0 Å². The van der Waals surface area contributed by atoms with Crippen LogP contribution in [0.4, 0.5) is 0 Å². The van der Waals surface area contributed by atoms with Gasteiger partial charge in [0.25, 0.3) is 0 Å². The second-order valence-corrected chi connectivity index (χ2v) is 6.78. The SMILES string of the molecule is CCCCCCC(C(=O)O)C(CC)(CCCCCC)C(=O)OCC. The third-order valence-corrected chi connectivity index (χ3v) is 5.10. The number of rotatable bonds is 15. The van der Waals surface area contributed by atoms with Crippen molar-refractivity contribution in [2.45, 2.75) is 98.3 Å². The quantitative estimate of drug-likeness (QED) is 0.311. The van der Waals surface area contributed by atoms with Crippen molar-refractivity contribution < 1.29 is 19.4 Å². The van der Waals surface area contributed by atoms with E-state index < -0.39 is 17.3 Å². The molecule has 4 nitrogen and oxygen atoms in total. The second-order valence-electron chi connectivity index (χ2n) is 6.78. The van der Waals surface area contributed by atoms with Gasteiger partial charge in [0, 0.05) is 0 Å². The van der Waals surface area contributed by atoms with E-state index in [2.05, 4.69) is 13.8 Å². The summed E-state index contributed by atoms with van der Waals surface area (Å²) < 4.78 is 5.31. The van der Waals surface area contributed by atoms with Crippen molar-refractivity contribution in [3.05, 3.63) is 0 Å². The van der Waals surface area contributed by atoms with Crippen LogP contribution in [0.5, 0.6) is 0 Å². The third kappa shape index (κ3) is 7.23. The van der Waals surface area contributed by atoms with E-state index in [4.69, 9.17) is 4.74 Å². The van der Waals surface area contributed by atoms with Crippen LogP contribution in [0.25, 0.3) is 0 Å². The number of carboxylic acid groups (broad SMARTS) is 1. The average molecular weight is 343 g/mol. The lowest BCUT2D eigenvalue weighted by Crippen LogP contribution is -2.43. The molecule has 0 heterocycles. The van der Waals surface area contributed by atoms with E-state index in [-0.39, 0.29) is 5.97 Å². The number of esters is 1. The van der Waals surface area contributed by atoms with Gasteiger partial charge >= 0.3 is 11.9 Å². The van der Waals surface area contributed by atoms with Crippen LogP contribution in [0.3, 0.4) is 0 Å². The van der Waals surface area contributed by atoms with Gasteiger partial charge in [0.2, 0.25) is 0 Å². The summed E-state index contributed by atoms with van der Waals surface area (Å²) in [6.07, 6.45) is 10.0. The largest absolute Gasteiger partial charge is 0.481 e. The molecule has 0 spiro atoms. The zero-order valence-corrected chi connectivity index (χ0v) is 16.2. The maximum atomic E-state index is 12.7. The van der Waals surface area contributed by atoms with Crippen molar-refractivity contribution in [2.75, 3.05) is 6.61 Å². The highest BCUT2D eigenvalue weighted by atomic mass is 16.5. The molecule has 0 aliphatic heterocycles. The first-order chi connectivity index (χ1) is 11.5. The Balaban J connectivity index is 5.23. The lowest BCUT2D eigenvalue weighted by molar-refractivity contribution is -0.169. The number of hydrogen-bond donors (Lipinski definition) is 1. The fourth-order valence-corrected chi connectivity index (χ4v) is 3.54. The fraction of sp³-hybridized carbons (Fsp3) is 0.900. The number of unbranched alkanes of at least 4 members (excludes halogenated alkanes) is 6. The Hall–Kier alpha value is -1.06. The molecule has 24 heavy (non-hydrogen) atoms. The molecular weight excluding hydrogens is 304 g/mol. The molecule has 0 aliphatic rings. The Labute approximate surface area is 148 Å². The van der Waals surface area contributed by atoms with E-state index in [1.54, 1.807) is 6.92 Å². The number of ether oxygens (including phenoxy) is 1. The molecule has 0 rings (SSSR count). The molecule has 0 aromatic carbocycles. The summed E-state index contributed by atoms with van der Waals surface area (Å²) in [5, 5.41) is 9.81. The molecule has 0 radical (unpaired) electrons. The molecule has 0 aromatic rings. The molecule has 0 fully saturated rings. The van der Waals surface area contributed by atoms with Gasteiger partial charge in [0.1, 0.15) is 0 Å². The van der Waals surface area contributed by atoms with Crippen molar-refractivity contribution >= 4 is 11.9 Å². The van der Waals surface area contributed by atoms with Crippen LogP contribution in [0.2, 0.25) is 0 Å². The maximum absolute atomic E-state index is 12.7. The van der Waals surface area contributed by atoms with Gasteiger partial charge in [0.15, 0.2) is 0 Å². The fourth-order valence-electron chi connectivity index (χ4n) is 3.54. The second kappa shape index (κ2) is 13.3. The van der Waals surface area contributed by atoms with E-state index >= 15 is 0 Å². The van der Waals surface area contributed by atoms with Crippen LogP contribution >= 0.6 is 0 Å². The average Bonchev–Trinajstić information content (AvgIpc) is 2.56. The third-order valence-electron chi connectivity index (χ3n) is 5.10. The molecule has 0 bridgehead atoms. The van der Waals surface area contributed by atoms with Crippen molar-refractivity contribution in [3.8, 4) is 0 Å². The Morgan fingerprint density at radius 2 is 1.50 bits per heavy atom. The normalized spacial score (nSPS) is 14.8. The molecule has 0 saturated heterocycles. The Morgan fingerprint density at radius 3 is 1.96 bits per heavy atom. The molecule has 0 amide bonds. The number of carboxylic acids is 1. The first kappa shape index (κ1) is 22.9. The summed E-state index contributed by atoms with van der Waals surface area (Å²) in [5.74, 6) is -1.80. The van der Waals surface area contributed by atoms with Crippen LogP contribution in [-0.4, -0.2) is 23.7 Å². The Morgan fingerprint density at radius 1 is 0.917 bits per heavy atom. The number of hydrogen-bond acceptors (Lipinski definition) is 3. The van der Waals surface area contributed by atoms with E-state index in [9.17, 15) is 14.7 Å². The lowest BCUT2D eigenvalue weighted by Gasteiger charge is -2.36. The minimum absolute atomic E-state index is 0.303. The molecule has 4 heteroatoms. The number of carbonyl (C=O) groups excluding carboxylic acids is 1. The minimum atomic E-state index is -0.873. The summed E-state index contributed by atoms with van der Waals surface area (Å²) in [5.41, 5.74) is -0.873. The van der Waals surface area contributed by atoms with Crippen LogP contribution in [-0.2, 0) is 14.3 Å². The Bertz CT molecular complexity index is 354. The van der Waals surface area contributed by atoms with Gasteiger partial charge in [-0.3, -0.25) is 9.59 Å². The zero-order valence-electron chi connectivity index (χ0n) is 16.2. The minimum Gasteiger partial charge on any atom is -0.481 e. The van der Waals surface area contributed by atoms with Crippen molar-refractivity contribution in [1.29, 1.82) is 0 Å². The van der Waals surface area contributed by atoms with E-state index in [1.165, 1.54) is 0 Å². The highest BCUT2D eigenvalue weighted by Gasteiger charge is 2.48. The van der Waals surface area contributed by atoms with Gasteiger partial charge < -0.3 is 9.84 Å². The molecule has 1 N–H and O–H groups in total. The Kier molecular flexibility index (Phi) is 12.7. The highest BCUT2D eigenvalue weighted by molar-refractivity contribution is 5.84. The molecule has 0 saturated carbocycles. The summed E-state index contributed by atoms with van der Waals surface area (Å²) in [4.78, 5) is 24.7. The monoisotopic (exact) mass is 342 g/mol. The summed E-state index contributed by atoms with van der Waals surface area (Å²) in [6.45, 7) is 8.30. The van der Waals surface area contributed by atoms with Crippen LogP contribution in [0.1, 0.15) is 98.3 Å². The smallest absolute Gasteiger partial charge is 0.312 e. The maximum Gasteiger partial charge on any atom is 0.312 e. The van der Waals surface area contributed by atoms with Gasteiger partial charge in [0.05, 0.1) is 17.9 Å². The van der Waals surface area contributed by atoms with Gasteiger partial charge in [-0.1, -0.05) is 72.1 Å². The molecule has 2 atom stereocenters. The van der Waals surface area contributed by atoms with Crippen molar-refractivity contribution in [3.63, 3.8) is 0 Å².